The summed E-state index contributed by atoms with van der Waals surface area (Å²) in [5, 5.41) is 28.9. The van der Waals surface area contributed by atoms with Crippen LogP contribution in [0.1, 0.15) is 21.3 Å². The van der Waals surface area contributed by atoms with Crippen LogP contribution in [0.15, 0.2) is 11.4 Å². The van der Waals surface area contributed by atoms with Gasteiger partial charge >= 0.3 is 5.97 Å². The minimum Gasteiger partial charge on any atom is -0.477 e. The van der Waals surface area contributed by atoms with Crippen LogP contribution in [0.2, 0.25) is 0 Å². The molecule has 0 spiro atoms. The summed E-state index contributed by atoms with van der Waals surface area (Å²) < 4.78 is 0. The van der Waals surface area contributed by atoms with Crippen LogP contribution in [0.4, 0.5) is 0 Å². The summed E-state index contributed by atoms with van der Waals surface area (Å²) in [7, 11) is 0. The molecule has 78 valence electrons. The lowest BCUT2D eigenvalue weighted by Gasteiger charge is -2.13. The number of carboxylic acids is 1. The number of aliphatic hydroxyl groups is 2. The van der Waals surface area contributed by atoms with Crippen LogP contribution in [0.5, 0.6) is 0 Å². The van der Waals surface area contributed by atoms with Gasteiger partial charge in [0.15, 0.2) is 0 Å². The van der Waals surface area contributed by atoms with Crippen molar-refractivity contribution in [3.05, 3.63) is 21.9 Å². The van der Waals surface area contributed by atoms with Gasteiger partial charge in [-0.05, 0) is 17.0 Å². The SMILES string of the molecule is O=C(O)c1cc(C(O)C(O)CS)cs1. The third kappa shape index (κ3) is 2.48. The Kier molecular flexibility index (Phi) is 3.94. The van der Waals surface area contributed by atoms with Gasteiger partial charge in [0.25, 0.3) is 0 Å². The fourth-order valence-corrected chi connectivity index (χ4v) is 1.92. The summed E-state index contributed by atoms with van der Waals surface area (Å²) in [6.07, 6.45) is -2.05. The molecule has 0 aromatic carbocycles. The largest absolute Gasteiger partial charge is 0.477 e. The Hall–Kier alpha value is -0.560. The van der Waals surface area contributed by atoms with Gasteiger partial charge in [-0.3, -0.25) is 0 Å². The number of aromatic carboxylic acids is 1. The van der Waals surface area contributed by atoms with E-state index in [1.54, 1.807) is 0 Å². The number of aliphatic hydroxyl groups excluding tert-OH is 2. The molecular formula is C8H10O4S2. The van der Waals surface area contributed by atoms with Crippen molar-refractivity contribution in [1.82, 2.24) is 0 Å². The van der Waals surface area contributed by atoms with E-state index in [9.17, 15) is 15.0 Å². The number of hydrogen-bond donors (Lipinski definition) is 4. The van der Waals surface area contributed by atoms with E-state index >= 15 is 0 Å². The van der Waals surface area contributed by atoms with E-state index in [1.165, 1.54) is 11.4 Å². The van der Waals surface area contributed by atoms with E-state index in [1.807, 2.05) is 0 Å². The van der Waals surface area contributed by atoms with Gasteiger partial charge in [0.05, 0.1) is 6.10 Å². The summed E-state index contributed by atoms with van der Waals surface area (Å²) in [4.78, 5) is 10.7. The first kappa shape index (κ1) is 11.5. The molecule has 0 bridgehead atoms. The quantitative estimate of drug-likeness (QED) is 0.580. The second-order valence-corrected chi connectivity index (χ2v) is 4.02. The van der Waals surface area contributed by atoms with Crippen molar-refractivity contribution in [2.45, 2.75) is 12.2 Å². The number of hydrogen-bond acceptors (Lipinski definition) is 5. The maximum Gasteiger partial charge on any atom is 0.345 e. The van der Waals surface area contributed by atoms with Gasteiger partial charge < -0.3 is 15.3 Å². The lowest BCUT2D eigenvalue weighted by Crippen LogP contribution is -2.19. The predicted molar refractivity (Wildman–Crippen MR) is 56.1 cm³/mol. The minimum atomic E-state index is -1.07. The van der Waals surface area contributed by atoms with Crippen molar-refractivity contribution >= 4 is 29.9 Å². The molecule has 1 rings (SSSR count). The molecule has 1 aromatic rings. The molecular weight excluding hydrogens is 224 g/mol. The fourth-order valence-electron chi connectivity index (χ4n) is 0.940. The van der Waals surface area contributed by atoms with Gasteiger partial charge in [-0.25, -0.2) is 4.79 Å². The normalized spacial score (nSPS) is 15.1. The molecule has 2 atom stereocenters. The molecule has 1 heterocycles. The number of thiol groups is 1. The molecule has 0 fully saturated rings. The Morgan fingerprint density at radius 1 is 1.57 bits per heavy atom. The van der Waals surface area contributed by atoms with Crippen molar-refractivity contribution in [2.75, 3.05) is 5.75 Å². The Morgan fingerprint density at radius 2 is 2.21 bits per heavy atom. The lowest BCUT2D eigenvalue weighted by atomic mass is 10.1. The molecule has 2 unspecified atom stereocenters. The van der Waals surface area contributed by atoms with Crippen LogP contribution in [-0.4, -0.2) is 33.1 Å². The van der Waals surface area contributed by atoms with Crippen LogP contribution in [0.25, 0.3) is 0 Å². The second-order valence-electron chi connectivity index (χ2n) is 2.74. The summed E-state index contributed by atoms with van der Waals surface area (Å²) >= 11 is 4.85. The zero-order valence-corrected chi connectivity index (χ0v) is 8.83. The van der Waals surface area contributed by atoms with Gasteiger partial charge in [0.2, 0.25) is 0 Å². The van der Waals surface area contributed by atoms with Crippen LogP contribution in [0, 0.1) is 0 Å². The molecule has 0 aliphatic carbocycles. The molecule has 4 nitrogen and oxygen atoms in total. The highest BCUT2D eigenvalue weighted by Crippen LogP contribution is 2.23. The van der Waals surface area contributed by atoms with E-state index in [2.05, 4.69) is 12.6 Å². The molecule has 0 saturated carbocycles. The van der Waals surface area contributed by atoms with E-state index in [0.717, 1.165) is 11.3 Å². The first-order valence-electron chi connectivity index (χ1n) is 3.85. The summed E-state index contributed by atoms with van der Waals surface area (Å²) in [6, 6.07) is 1.35. The Bertz CT molecular complexity index is 323. The van der Waals surface area contributed by atoms with Crippen molar-refractivity contribution in [3.8, 4) is 0 Å². The number of rotatable bonds is 4. The predicted octanol–water partition coefficient (Wildman–Crippen LogP) is 0.770. The number of thiophene rings is 1. The molecule has 14 heavy (non-hydrogen) atoms. The third-order valence-electron chi connectivity index (χ3n) is 1.72. The van der Waals surface area contributed by atoms with E-state index in [0.29, 0.717) is 5.56 Å². The van der Waals surface area contributed by atoms with Crippen LogP contribution in [0.3, 0.4) is 0 Å². The molecule has 3 N–H and O–H groups in total. The lowest BCUT2D eigenvalue weighted by molar-refractivity contribution is 0.0339. The smallest absolute Gasteiger partial charge is 0.345 e. The topological polar surface area (TPSA) is 77.8 Å². The zero-order valence-electron chi connectivity index (χ0n) is 7.12. The van der Waals surface area contributed by atoms with E-state index in [4.69, 9.17) is 5.11 Å². The van der Waals surface area contributed by atoms with Crippen molar-refractivity contribution in [2.24, 2.45) is 0 Å². The average molecular weight is 234 g/mol. The van der Waals surface area contributed by atoms with Gasteiger partial charge in [0, 0.05) is 5.75 Å². The van der Waals surface area contributed by atoms with Crippen LogP contribution < -0.4 is 0 Å². The third-order valence-corrected chi connectivity index (χ3v) is 3.03. The van der Waals surface area contributed by atoms with Crippen molar-refractivity contribution < 1.29 is 20.1 Å². The highest BCUT2D eigenvalue weighted by atomic mass is 32.1. The molecule has 6 heteroatoms. The first-order chi connectivity index (χ1) is 6.56. The monoisotopic (exact) mass is 234 g/mol. The van der Waals surface area contributed by atoms with Crippen molar-refractivity contribution in [3.63, 3.8) is 0 Å². The van der Waals surface area contributed by atoms with E-state index < -0.39 is 18.2 Å². The summed E-state index contributed by atoms with van der Waals surface area (Å²) in [5.41, 5.74) is 0.411. The molecule has 0 radical (unpaired) electrons. The van der Waals surface area contributed by atoms with Crippen LogP contribution in [-0.2, 0) is 0 Å². The highest BCUT2D eigenvalue weighted by Gasteiger charge is 2.19. The molecule has 0 saturated heterocycles. The van der Waals surface area contributed by atoms with Gasteiger partial charge in [-0.1, -0.05) is 0 Å². The van der Waals surface area contributed by atoms with E-state index in [-0.39, 0.29) is 10.6 Å². The van der Waals surface area contributed by atoms with Gasteiger partial charge in [-0.15, -0.1) is 11.3 Å². The Labute approximate surface area is 90.2 Å². The summed E-state index contributed by atoms with van der Waals surface area (Å²) in [6.45, 7) is 0. The number of carboxylic acid groups (broad SMARTS) is 1. The maximum atomic E-state index is 10.5. The first-order valence-corrected chi connectivity index (χ1v) is 5.36. The van der Waals surface area contributed by atoms with Crippen LogP contribution >= 0.6 is 24.0 Å². The molecule has 0 amide bonds. The second kappa shape index (κ2) is 4.79. The standard InChI is InChI=1S/C8H10O4S2/c9-5(2-13)7(10)4-1-6(8(11)12)14-3-4/h1,3,5,7,9-10,13H,2H2,(H,11,12). The Morgan fingerprint density at radius 3 is 2.64 bits per heavy atom. The summed E-state index contributed by atoms with van der Waals surface area (Å²) in [5.74, 6) is -0.909. The molecule has 0 aliphatic heterocycles. The zero-order chi connectivity index (χ0) is 10.7. The molecule has 0 aliphatic rings. The molecule has 1 aromatic heterocycles. The highest BCUT2D eigenvalue weighted by molar-refractivity contribution is 7.80. The maximum absolute atomic E-state index is 10.5. The Balaban J connectivity index is 2.81. The average Bonchev–Trinajstić information content (AvgIpc) is 2.64. The van der Waals surface area contributed by atoms with Gasteiger partial charge in [-0.2, -0.15) is 12.6 Å². The number of carbonyl (C=O) groups is 1. The minimum absolute atomic E-state index is 0.124. The fraction of sp³-hybridized carbons (Fsp3) is 0.375. The van der Waals surface area contributed by atoms with Gasteiger partial charge in [0.1, 0.15) is 11.0 Å². The van der Waals surface area contributed by atoms with Crippen molar-refractivity contribution in [1.29, 1.82) is 0 Å².